The van der Waals surface area contributed by atoms with Crippen LogP contribution < -0.4 is 0 Å². The summed E-state index contributed by atoms with van der Waals surface area (Å²) >= 11 is 18.4. The van der Waals surface area contributed by atoms with E-state index in [0.717, 1.165) is 17.1 Å². The highest BCUT2D eigenvalue weighted by Crippen LogP contribution is 2.30. The molecular formula is C11H8Cl3N3OS. The Morgan fingerprint density at radius 3 is 2.63 bits per heavy atom. The number of carbonyl (C=O) groups excluding carboxylic acids is 1. The standard InChI is InChI=1S/C11H8Cl3N3OS/c1-17(5-6-2-3-7(12)15-4-6)11(18)9-8(13)10(14)19-16-9/h2-4H,5H2,1H3. The zero-order valence-corrected chi connectivity index (χ0v) is 12.8. The predicted octanol–water partition coefficient (Wildman–Crippen LogP) is 3.77. The Kier molecular flexibility index (Phi) is 4.62. The lowest BCUT2D eigenvalue weighted by Gasteiger charge is -2.15. The summed E-state index contributed by atoms with van der Waals surface area (Å²) in [5, 5.41) is 0.602. The molecule has 0 saturated heterocycles. The lowest BCUT2D eigenvalue weighted by molar-refractivity contribution is 0.0780. The molecule has 0 N–H and O–H groups in total. The van der Waals surface area contributed by atoms with Gasteiger partial charge in [-0.2, -0.15) is 4.37 Å². The Morgan fingerprint density at radius 1 is 1.37 bits per heavy atom. The Morgan fingerprint density at radius 2 is 2.11 bits per heavy atom. The maximum atomic E-state index is 12.1. The van der Waals surface area contributed by atoms with Gasteiger partial charge >= 0.3 is 0 Å². The van der Waals surface area contributed by atoms with Crippen molar-refractivity contribution in [2.24, 2.45) is 0 Å². The first-order valence-corrected chi connectivity index (χ1v) is 7.06. The van der Waals surface area contributed by atoms with Crippen molar-refractivity contribution < 1.29 is 4.79 Å². The normalized spacial score (nSPS) is 10.5. The number of hydrogen-bond acceptors (Lipinski definition) is 4. The maximum absolute atomic E-state index is 12.1. The van der Waals surface area contributed by atoms with Crippen LogP contribution in [0.15, 0.2) is 18.3 Å². The monoisotopic (exact) mass is 335 g/mol. The third-order valence-corrected chi connectivity index (χ3v) is 4.19. The molecule has 19 heavy (non-hydrogen) atoms. The fourth-order valence-electron chi connectivity index (χ4n) is 1.42. The zero-order chi connectivity index (χ0) is 14.0. The van der Waals surface area contributed by atoms with E-state index in [2.05, 4.69) is 9.36 Å². The molecule has 1 amide bonds. The van der Waals surface area contributed by atoms with Crippen molar-refractivity contribution in [2.75, 3.05) is 7.05 Å². The van der Waals surface area contributed by atoms with Crippen molar-refractivity contribution in [3.63, 3.8) is 0 Å². The topological polar surface area (TPSA) is 46.1 Å². The fourth-order valence-corrected chi connectivity index (χ4v) is 2.52. The van der Waals surface area contributed by atoms with Crippen LogP contribution in [-0.4, -0.2) is 27.2 Å². The van der Waals surface area contributed by atoms with Gasteiger partial charge in [0, 0.05) is 19.8 Å². The van der Waals surface area contributed by atoms with Crippen LogP contribution in [0.4, 0.5) is 0 Å². The summed E-state index contributed by atoms with van der Waals surface area (Å²) < 4.78 is 4.25. The summed E-state index contributed by atoms with van der Waals surface area (Å²) in [4.78, 5) is 17.6. The molecule has 0 radical (unpaired) electrons. The van der Waals surface area contributed by atoms with E-state index in [0.29, 0.717) is 16.0 Å². The smallest absolute Gasteiger partial charge is 0.275 e. The molecule has 100 valence electrons. The van der Waals surface area contributed by atoms with Crippen LogP contribution >= 0.6 is 46.3 Å². The Bertz CT molecular complexity index is 600. The molecule has 0 fully saturated rings. The summed E-state index contributed by atoms with van der Waals surface area (Å²) in [7, 11) is 1.65. The van der Waals surface area contributed by atoms with E-state index < -0.39 is 0 Å². The highest BCUT2D eigenvalue weighted by atomic mass is 35.5. The first-order chi connectivity index (χ1) is 8.99. The third-order valence-electron chi connectivity index (χ3n) is 2.36. The van der Waals surface area contributed by atoms with E-state index in [9.17, 15) is 4.79 Å². The molecule has 0 aliphatic carbocycles. The lowest BCUT2D eigenvalue weighted by Crippen LogP contribution is -2.26. The number of aromatic nitrogens is 2. The van der Waals surface area contributed by atoms with Crippen molar-refractivity contribution >= 4 is 52.2 Å². The average molecular weight is 337 g/mol. The molecule has 2 heterocycles. The van der Waals surface area contributed by atoms with Crippen molar-refractivity contribution in [2.45, 2.75) is 6.54 Å². The van der Waals surface area contributed by atoms with Gasteiger partial charge < -0.3 is 4.90 Å². The minimum absolute atomic E-state index is 0.168. The van der Waals surface area contributed by atoms with E-state index in [-0.39, 0.29) is 16.6 Å². The first kappa shape index (κ1) is 14.5. The van der Waals surface area contributed by atoms with Gasteiger partial charge in [-0.3, -0.25) is 4.79 Å². The van der Waals surface area contributed by atoms with E-state index in [4.69, 9.17) is 34.8 Å². The zero-order valence-electron chi connectivity index (χ0n) is 9.73. The summed E-state index contributed by atoms with van der Waals surface area (Å²) in [6, 6.07) is 3.47. The van der Waals surface area contributed by atoms with Crippen molar-refractivity contribution in [1.82, 2.24) is 14.3 Å². The molecule has 0 atom stereocenters. The Hall–Kier alpha value is -0.880. The minimum Gasteiger partial charge on any atom is -0.336 e. The highest BCUT2D eigenvalue weighted by Gasteiger charge is 2.21. The van der Waals surface area contributed by atoms with Crippen LogP contribution in [0.1, 0.15) is 16.1 Å². The van der Waals surface area contributed by atoms with Gasteiger partial charge in [0.05, 0.1) is 0 Å². The van der Waals surface area contributed by atoms with Crippen LogP contribution in [0.25, 0.3) is 0 Å². The first-order valence-electron chi connectivity index (χ1n) is 5.15. The second kappa shape index (κ2) is 6.05. The Labute approximate surface area is 129 Å². The van der Waals surface area contributed by atoms with Crippen LogP contribution in [0.2, 0.25) is 14.5 Å². The summed E-state index contributed by atoms with van der Waals surface area (Å²) in [6.45, 7) is 0.383. The largest absolute Gasteiger partial charge is 0.336 e. The number of amides is 1. The molecule has 4 nitrogen and oxygen atoms in total. The van der Waals surface area contributed by atoms with Gasteiger partial charge in [-0.25, -0.2) is 4.98 Å². The highest BCUT2D eigenvalue weighted by molar-refractivity contribution is 7.11. The van der Waals surface area contributed by atoms with E-state index in [1.54, 1.807) is 25.4 Å². The van der Waals surface area contributed by atoms with Gasteiger partial charge in [-0.05, 0) is 23.2 Å². The fraction of sp³-hybridized carbons (Fsp3) is 0.182. The lowest BCUT2D eigenvalue weighted by atomic mass is 10.2. The number of rotatable bonds is 3. The maximum Gasteiger partial charge on any atom is 0.275 e. The number of pyridine rings is 1. The average Bonchev–Trinajstić information content (AvgIpc) is 2.72. The molecule has 0 spiro atoms. The van der Waals surface area contributed by atoms with E-state index >= 15 is 0 Å². The molecule has 0 aliphatic heterocycles. The van der Waals surface area contributed by atoms with Crippen molar-refractivity contribution in [1.29, 1.82) is 0 Å². The van der Waals surface area contributed by atoms with Crippen molar-refractivity contribution in [3.8, 4) is 0 Å². The Balaban J connectivity index is 2.11. The summed E-state index contributed by atoms with van der Waals surface area (Å²) in [5.74, 6) is -0.289. The van der Waals surface area contributed by atoms with Gasteiger partial charge in [0.1, 0.15) is 14.5 Å². The van der Waals surface area contributed by atoms with Crippen molar-refractivity contribution in [3.05, 3.63) is 44.1 Å². The molecule has 2 aromatic rings. The SMILES string of the molecule is CN(Cc1ccc(Cl)nc1)C(=O)c1nsc(Cl)c1Cl. The molecular weight excluding hydrogens is 329 g/mol. The van der Waals surface area contributed by atoms with Gasteiger partial charge in [-0.1, -0.05) is 40.9 Å². The number of hydrogen-bond donors (Lipinski definition) is 0. The summed E-state index contributed by atoms with van der Waals surface area (Å²) in [5.41, 5.74) is 1.03. The van der Waals surface area contributed by atoms with Gasteiger partial charge in [0.25, 0.3) is 5.91 Å². The van der Waals surface area contributed by atoms with Gasteiger partial charge in [0.2, 0.25) is 0 Å². The molecule has 2 aromatic heterocycles. The second-order valence-corrected chi connectivity index (χ2v) is 5.91. The number of halogens is 3. The van der Waals surface area contributed by atoms with Crippen LogP contribution in [-0.2, 0) is 6.54 Å². The van der Waals surface area contributed by atoms with E-state index in [1.165, 1.54) is 4.90 Å². The van der Waals surface area contributed by atoms with Gasteiger partial charge in [0.15, 0.2) is 5.69 Å². The van der Waals surface area contributed by atoms with Crippen LogP contribution in [0.5, 0.6) is 0 Å². The molecule has 0 unspecified atom stereocenters. The molecule has 0 aliphatic rings. The second-order valence-electron chi connectivity index (χ2n) is 3.77. The molecule has 0 saturated carbocycles. The summed E-state index contributed by atoms with van der Waals surface area (Å²) in [6.07, 6.45) is 1.61. The van der Waals surface area contributed by atoms with E-state index in [1.807, 2.05) is 0 Å². The van der Waals surface area contributed by atoms with Crippen LogP contribution in [0.3, 0.4) is 0 Å². The molecule has 8 heteroatoms. The third kappa shape index (κ3) is 3.36. The molecule has 2 rings (SSSR count). The number of nitrogens with zero attached hydrogens (tertiary/aromatic N) is 3. The number of carbonyl (C=O) groups is 1. The van der Waals surface area contributed by atoms with Crippen LogP contribution in [0, 0.1) is 0 Å². The molecule has 0 aromatic carbocycles. The molecule has 0 bridgehead atoms. The quantitative estimate of drug-likeness (QED) is 0.802. The van der Waals surface area contributed by atoms with Gasteiger partial charge in [-0.15, -0.1) is 0 Å². The predicted molar refractivity (Wildman–Crippen MR) is 77.2 cm³/mol. The minimum atomic E-state index is -0.289.